The molecule has 1 heterocycles. The number of hydrogen-bond donors (Lipinski definition) is 2. The lowest BCUT2D eigenvalue weighted by Gasteiger charge is -2.14. The van der Waals surface area contributed by atoms with Gasteiger partial charge in [0.2, 0.25) is 0 Å². The van der Waals surface area contributed by atoms with E-state index in [9.17, 15) is 15.5 Å². The van der Waals surface area contributed by atoms with E-state index in [1.807, 2.05) is 5.38 Å². The van der Waals surface area contributed by atoms with Gasteiger partial charge in [-0.15, -0.1) is 11.3 Å². The van der Waals surface area contributed by atoms with Crippen LogP contribution < -0.4 is 0 Å². The number of nitriles is 1. The third-order valence-corrected chi connectivity index (χ3v) is 4.76. The van der Waals surface area contributed by atoms with Gasteiger partial charge in [0, 0.05) is 17.0 Å². The van der Waals surface area contributed by atoms with Gasteiger partial charge in [0.1, 0.15) is 22.6 Å². The van der Waals surface area contributed by atoms with E-state index in [1.54, 1.807) is 6.07 Å². The predicted octanol–water partition coefficient (Wildman–Crippen LogP) is 4.46. The number of benzene rings is 1. The standard InChI is InChI=1S/C17H16N2O2S/c18-9-14(11-4-2-1-3-5-11)17-19-15(10-22-17)13-7-6-12(20)8-16(13)21/h6-8,10,20-21H,1-5H2. The molecular formula is C17H16N2O2S. The van der Waals surface area contributed by atoms with Gasteiger partial charge in [0.25, 0.3) is 0 Å². The first-order chi connectivity index (χ1) is 10.7. The number of hydrogen-bond acceptors (Lipinski definition) is 5. The Kier molecular flexibility index (Phi) is 4.12. The van der Waals surface area contributed by atoms with Gasteiger partial charge >= 0.3 is 0 Å². The minimum atomic E-state index is -0.0133. The normalized spacial score (nSPS) is 14.6. The second-order valence-corrected chi connectivity index (χ2v) is 6.25. The molecule has 0 radical (unpaired) electrons. The van der Waals surface area contributed by atoms with Gasteiger partial charge in [-0.25, -0.2) is 4.98 Å². The lowest BCUT2D eigenvalue weighted by Crippen LogP contribution is -1.97. The largest absolute Gasteiger partial charge is 0.508 e. The molecule has 4 nitrogen and oxygen atoms in total. The first-order valence-corrected chi connectivity index (χ1v) is 8.17. The Morgan fingerprint density at radius 2 is 1.95 bits per heavy atom. The molecule has 0 aliphatic heterocycles. The maximum Gasteiger partial charge on any atom is 0.134 e. The van der Waals surface area contributed by atoms with Gasteiger partial charge in [-0.1, -0.05) is 6.42 Å². The number of thiazole rings is 1. The third-order valence-electron chi connectivity index (χ3n) is 3.90. The van der Waals surface area contributed by atoms with Gasteiger partial charge in [-0.2, -0.15) is 5.26 Å². The van der Waals surface area contributed by atoms with E-state index in [1.165, 1.54) is 35.5 Å². The Labute approximate surface area is 133 Å². The van der Waals surface area contributed by atoms with E-state index in [0.717, 1.165) is 25.7 Å². The lowest BCUT2D eigenvalue weighted by molar-refractivity contribution is 0.452. The highest BCUT2D eigenvalue weighted by atomic mass is 32.1. The Balaban J connectivity index is 1.98. The summed E-state index contributed by atoms with van der Waals surface area (Å²) in [5, 5.41) is 31.3. The van der Waals surface area contributed by atoms with E-state index in [-0.39, 0.29) is 11.5 Å². The average molecular weight is 312 g/mol. The maximum absolute atomic E-state index is 9.93. The molecule has 1 aromatic carbocycles. The van der Waals surface area contributed by atoms with E-state index < -0.39 is 0 Å². The van der Waals surface area contributed by atoms with E-state index in [0.29, 0.717) is 21.8 Å². The van der Waals surface area contributed by atoms with Crippen molar-refractivity contribution in [2.45, 2.75) is 32.1 Å². The Hall–Kier alpha value is -2.32. The fourth-order valence-electron chi connectivity index (χ4n) is 2.76. The summed E-state index contributed by atoms with van der Waals surface area (Å²) in [7, 11) is 0. The van der Waals surface area contributed by atoms with Crippen LogP contribution in [0.3, 0.4) is 0 Å². The number of phenolic OH excluding ortho intramolecular Hbond substituents is 2. The van der Waals surface area contributed by atoms with Crippen LogP contribution in [0.25, 0.3) is 16.8 Å². The molecule has 0 bridgehead atoms. The number of allylic oxidation sites excluding steroid dienone is 2. The molecule has 2 N–H and O–H groups in total. The zero-order valence-electron chi connectivity index (χ0n) is 12.0. The molecule has 3 rings (SSSR count). The fraction of sp³-hybridized carbons (Fsp3) is 0.294. The molecule has 0 atom stereocenters. The number of aromatic nitrogens is 1. The number of rotatable bonds is 2. The maximum atomic E-state index is 9.93. The van der Waals surface area contributed by atoms with Crippen LogP contribution in [0.4, 0.5) is 0 Å². The van der Waals surface area contributed by atoms with Crippen LogP contribution >= 0.6 is 11.3 Å². The molecule has 0 saturated heterocycles. The highest BCUT2D eigenvalue weighted by molar-refractivity contribution is 7.11. The minimum Gasteiger partial charge on any atom is -0.508 e. The van der Waals surface area contributed by atoms with Gasteiger partial charge in [-0.3, -0.25) is 0 Å². The number of aromatic hydroxyl groups is 2. The van der Waals surface area contributed by atoms with Crippen LogP contribution in [0.15, 0.2) is 29.2 Å². The zero-order valence-corrected chi connectivity index (χ0v) is 12.9. The topological polar surface area (TPSA) is 77.1 Å². The van der Waals surface area contributed by atoms with Gasteiger partial charge in [0.05, 0.1) is 11.3 Å². The van der Waals surface area contributed by atoms with Crippen molar-refractivity contribution in [3.63, 3.8) is 0 Å². The molecule has 1 saturated carbocycles. The highest BCUT2D eigenvalue weighted by Crippen LogP contribution is 2.36. The molecule has 1 aliphatic rings. The Morgan fingerprint density at radius 1 is 1.18 bits per heavy atom. The smallest absolute Gasteiger partial charge is 0.134 e. The summed E-state index contributed by atoms with van der Waals surface area (Å²) < 4.78 is 0. The van der Waals surface area contributed by atoms with Crippen LogP contribution in [-0.2, 0) is 0 Å². The minimum absolute atomic E-state index is 0.0127. The van der Waals surface area contributed by atoms with Gasteiger partial charge in [-0.05, 0) is 43.4 Å². The van der Waals surface area contributed by atoms with Gasteiger partial charge in [0.15, 0.2) is 0 Å². The van der Waals surface area contributed by atoms with Crippen molar-refractivity contribution < 1.29 is 10.2 Å². The number of phenols is 2. The highest BCUT2D eigenvalue weighted by Gasteiger charge is 2.17. The third kappa shape index (κ3) is 2.83. The Bertz CT molecular complexity index is 763. The van der Waals surface area contributed by atoms with Crippen LogP contribution in [0.1, 0.15) is 37.1 Å². The van der Waals surface area contributed by atoms with Crippen molar-refractivity contribution >= 4 is 16.9 Å². The van der Waals surface area contributed by atoms with E-state index in [2.05, 4.69) is 11.1 Å². The van der Waals surface area contributed by atoms with Crippen molar-refractivity contribution in [3.05, 3.63) is 34.2 Å². The van der Waals surface area contributed by atoms with Gasteiger partial charge < -0.3 is 10.2 Å². The molecule has 5 heteroatoms. The molecule has 0 spiro atoms. The van der Waals surface area contributed by atoms with Crippen LogP contribution in [0.5, 0.6) is 11.5 Å². The molecule has 0 amide bonds. The molecule has 0 unspecified atom stereocenters. The van der Waals surface area contributed by atoms with Crippen LogP contribution in [0.2, 0.25) is 0 Å². The first-order valence-electron chi connectivity index (χ1n) is 7.29. The SMILES string of the molecule is N#CC(=C1CCCCC1)c1nc(-c2ccc(O)cc2O)cs1. The van der Waals surface area contributed by atoms with E-state index >= 15 is 0 Å². The summed E-state index contributed by atoms with van der Waals surface area (Å²) in [4.78, 5) is 4.51. The number of nitrogens with zero attached hydrogens (tertiary/aromatic N) is 2. The van der Waals surface area contributed by atoms with Crippen molar-refractivity contribution in [1.29, 1.82) is 5.26 Å². The van der Waals surface area contributed by atoms with Crippen molar-refractivity contribution in [3.8, 4) is 28.8 Å². The molecule has 1 aromatic heterocycles. The molecule has 112 valence electrons. The molecule has 22 heavy (non-hydrogen) atoms. The second kappa shape index (κ2) is 6.20. The Morgan fingerprint density at radius 3 is 2.64 bits per heavy atom. The summed E-state index contributed by atoms with van der Waals surface area (Å²) in [6.07, 6.45) is 5.45. The molecule has 2 aromatic rings. The average Bonchev–Trinajstić information content (AvgIpc) is 2.98. The molecular weight excluding hydrogens is 296 g/mol. The van der Waals surface area contributed by atoms with E-state index in [4.69, 9.17) is 0 Å². The van der Waals surface area contributed by atoms with Crippen molar-refractivity contribution in [2.75, 3.05) is 0 Å². The van der Waals surface area contributed by atoms with Crippen LogP contribution in [0, 0.1) is 11.3 Å². The quantitative estimate of drug-likeness (QED) is 0.802. The van der Waals surface area contributed by atoms with Crippen molar-refractivity contribution in [1.82, 2.24) is 4.98 Å². The monoisotopic (exact) mass is 312 g/mol. The summed E-state index contributed by atoms with van der Waals surface area (Å²) in [6.45, 7) is 0. The summed E-state index contributed by atoms with van der Waals surface area (Å²) in [5.41, 5.74) is 3.08. The molecule has 1 aliphatic carbocycles. The summed E-state index contributed by atoms with van der Waals surface area (Å²) >= 11 is 1.42. The summed E-state index contributed by atoms with van der Waals surface area (Å²) in [6, 6.07) is 6.73. The second-order valence-electron chi connectivity index (χ2n) is 5.39. The fourth-order valence-corrected chi connectivity index (χ4v) is 3.62. The van der Waals surface area contributed by atoms with Crippen LogP contribution in [-0.4, -0.2) is 15.2 Å². The summed E-state index contributed by atoms with van der Waals surface area (Å²) in [5.74, 6) is -0.000539. The van der Waals surface area contributed by atoms with Crippen molar-refractivity contribution in [2.24, 2.45) is 0 Å². The molecule has 1 fully saturated rings. The first kappa shape index (κ1) is 14.6. The predicted molar refractivity (Wildman–Crippen MR) is 86.5 cm³/mol. The lowest BCUT2D eigenvalue weighted by atomic mass is 9.91. The zero-order chi connectivity index (χ0) is 15.5.